The molecule has 0 aliphatic rings. The van der Waals surface area contributed by atoms with Crippen molar-refractivity contribution in [1.29, 1.82) is 0 Å². The standard InChI is InChI=1S/C11H15ClF2N2O3S/c12-10-2-1-9(5-8(10)6-15)20(17,18)16-3-4-19-7-11(13)14/h1-2,5,11,16H,3-4,6-7,15H2. The summed E-state index contributed by atoms with van der Waals surface area (Å²) in [6.07, 6.45) is -2.57. The van der Waals surface area contributed by atoms with Gasteiger partial charge in [0, 0.05) is 18.1 Å². The fourth-order valence-corrected chi connectivity index (χ4v) is 2.64. The fraction of sp³-hybridized carbons (Fsp3) is 0.455. The van der Waals surface area contributed by atoms with Crippen LogP contribution in [-0.2, 0) is 21.3 Å². The quantitative estimate of drug-likeness (QED) is 0.706. The van der Waals surface area contributed by atoms with Crippen LogP contribution in [0.1, 0.15) is 5.56 Å². The summed E-state index contributed by atoms with van der Waals surface area (Å²) in [5, 5.41) is 0.381. The molecular formula is C11H15ClF2N2O3S. The first-order chi connectivity index (χ1) is 9.36. The molecule has 3 N–H and O–H groups in total. The van der Waals surface area contributed by atoms with Crippen LogP contribution in [0.4, 0.5) is 8.78 Å². The van der Waals surface area contributed by atoms with E-state index in [1.807, 2.05) is 0 Å². The summed E-state index contributed by atoms with van der Waals surface area (Å²) in [6, 6.07) is 4.14. The predicted octanol–water partition coefficient (Wildman–Crippen LogP) is 1.36. The molecule has 1 aromatic carbocycles. The summed E-state index contributed by atoms with van der Waals surface area (Å²) in [5.74, 6) is 0. The van der Waals surface area contributed by atoms with Gasteiger partial charge in [-0.05, 0) is 23.8 Å². The lowest BCUT2D eigenvalue weighted by atomic mass is 10.2. The van der Waals surface area contributed by atoms with Gasteiger partial charge in [-0.15, -0.1) is 0 Å². The smallest absolute Gasteiger partial charge is 0.261 e. The van der Waals surface area contributed by atoms with Crippen molar-refractivity contribution in [3.05, 3.63) is 28.8 Å². The highest BCUT2D eigenvalue weighted by Gasteiger charge is 2.15. The zero-order chi connectivity index (χ0) is 15.2. The van der Waals surface area contributed by atoms with Gasteiger partial charge in [0.05, 0.1) is 11.5 Å². The van der Waals surface area contributed by atoms with Crippen LogP contribution in [-0.4, -0.2) is 34.6 Å². The predicted molar refractivity (Wildman–Crippen MR) is 71.4 cm³/mol. The van der Waals surface area contributed by atoms with Crippen LogP contribution in [0.3, 0.4) is 0 Å². The number of nitrogens with two attached hydrogens (primary N) is 1. The Morgan fingerprint density at radius 2 is 2.10 bits per heavy atom. The van der Waals surface area contributed by atoms with Crippen LogP contribution in [0.25, 0.3) is 0 Å². The number of rotatable bonds is 8. The first-order valence-corrected chi connectivity index (χ1v) is 7.57. The number of ether oxygens (including phenoxy) is 1. The van der Waals surface area contributed by atoms with E-state index in [1.54, 1.807) is 0 Å². The van der Waals surface area contributed by atoms with Gasteiger partial charge in [-0.3, -0.25) is 0 Å². The molecule has 0 atom stereocenters. The molecule has 0 heterocycles. The number of hydrogen-bond donors (Lipinski definition) is 2. The van der Waals surface area contributed by atoms with Crippen molar-refractivity contribution in [2.24, 2.45) is 5.73 Å². The summed E-state index contributed by atoms with van der Waals surface area (Å²) in [7, 11) is -3.74. The summed E-state index contributed by atoms with van der Waals surface area (Å²) in [5.41, 5.74) is 5.94. The van der Waals surface area contributed by atoms with Crippen LogP contribution < -0.4 is 10.5 Å². The van der Waals surface area contributed by atoms with E-state index >= 15 is 0 Å². The van der Waals surface area contributed by atoms with Gasteiger partial charge >= 0.3 is 0 Å². The average molecular weight is 329 g/mol. The molecule has 0 aliphatic carbocycles. The normalized spacial score (nSPS) is 12.1. The van der Waals surface area contributed by atoms with Crippen molar-refractivity contribution < 1.29 is 21.9 Å². The number of sulfonamides is 1. The van der Waals surface area contributed by atoms with Crippen LogP contribution in [0.2, 0.25) is 5.02 Å². The highest BCUT2D eigenvalue weighted by atomic mass is 35.5. The maximum Gasteiger partial charge on any atom is 0.261 e. The number of hydrogen-bond acceptors (Lipinski definition) is 4. The Bertz CT molecular complexity index is 540. The average Bonchev–Trinajstić information content (AvgIpc) is 2.38. The van der Waals surface area contributed by atoms with Crippen LogP contribution in [0.15, 0.2) is 23.1 Å². The van der Waals surface area contributed by atoms with Crippen molar-refractivity contribution >= 4 is 21.6 Å². The van der Waals surface area contributed by atoms with Gasteiger partial charge in [0.1, 0.15) is 6.61 Å². The van der Waals surface area contributed by atoms with E-state index in [1.165, 1.54) is 18.2 Å². The molecule has 0 aliphatic heterocycles. The van der Waals surface area contributed by atoms with Crippen molar-refractivity contribution in [2.45, 2.75) is 17.9 Å². The van der Waals surface area contributed by atoms with Crippen molar-refractivity contribution in [3.8, 4) is 0 Å². The van der Waals surface area contributed by atoms with Gasteiger partial charge in [-0.1, -0.05) is 11.6 Å². The molecule has 5 nitrogen and oxygen atoms in total. The lowest BCUT2D eigenvalue weighted by molar-refractivity contribution is 0.0199. The molecule has 0 unspecified atom stereocenters. The molecule has 0 fully saturated rings. The molecule has 0 spiro atoms. The Kier molecular flexibility index (Phi) is 6.77. The number of nitrogens with one attached hydrogen (secondary N) is 1. The van der Waals surface area contributed by atoms with E-state index < -0.39 is 23.1 Å². The number of alkyl halides is 2. The van der Waals surface area contributed by atoms with E-state index in [4.69, 9.17) is 17.3 Å². The van der Waals surface area contributed by atoms with Gasteiger partial charge in [-0.2, -0.15) is 0 Å². The van der Waals surface area contributed by atoms with E-state index in [9.17, 15) is 17.2 Å². The maximum atomic E-state index is 11.9. The number of benzene rings is 1. The third-order valence-corrected chi connectivity index (χ3v) is 4.16. The molecule has 0 saturated carbocycles. The minimum Gasteiger partial charge on any atom is -0.374 e. The Hall–Kier alpha value is -0.800. The van der Waals surface area contributed by atoms with E-state index in [-0.39, 0.29) is 24.6 Å². The van der Waals surface area contributed by atoms with Gasteiger partial charge in [0.2, 0.25) is 10.0 Å². The molecule has 114 valence electrons. The summed E-state index contributed by atoms with van der Waals surface area (Å²) < 4.78 is 54.2. The van der Waals surface area contributed by atoms with Crippen LogP contribution in [0, 0.1) is 0 Å². The largest absolute Gasteiger partial charge is 0.374 e. The lowest BCUT2D eigenvalue weighted by Crippen LogP contribution is -2.28. The SMILES string of the molecule is NCc1cc(S(=O)(=O)NCCOCC(F)F)ccc1Cl. The Balaban J connectivity index is 2.60. The van der Waals surface area contributed by atoms with Crippen molar-refractivity contribution in [2.75, 3.05) is 19.8 Å². The third-order valence-electron chi connectivity index (χ3n) is 2.33. The molecule has 0 radical (unpaired) electrons. The Morgan fingerprint density at radius 3 is 2.70 bits per heavy atom. The van der Waals surface area contributed by atoms with E-state index in [0.29, 0.717) is 10.6 Å². The first-order valence-electron chi connectivity index (χ1n) is 5.71. The Labute approximate surface area is 121 Å². The number of halogens is 3. The highest BCUT2D eigenvalue weighted by Crippen LogP contribution is 2.19. The van der Waals surface area contributed by atoms with Crippen LogP contribution >= 0.6 is 11.6 Å². The fourth-order valence-electron chi connectivity index (χ4n) is 1.38. The van der Waals surface area contributed by atoms with Gasteiger partial charge in [-0.25, -0.2) is 21.9 Å². The topological polar surface area (TPSA) is 81.4 Å². The second-order valence-electron chi connectivity index (χ2n) is 3.82. The second kappa shape index (κ2) is 7.84. The molecule has 0 bridgehead atoms. The monoisotopic (exact) mass is 328 g/mol. The Morgan fingerprint density at radius 1 is 1.40 bits per heavy atom. The highest BCUT2D eigenvalue weighted by molar-refractivity contribution is 7.89. The van der Waals surface area contributed by atoms with Crippen molar-refractivity contribution in [3.63, 3.8) is 0 Å². The molecule has 0 saturated heterocycles. The third kappa shape index (κ3) is 5.29. The van der Waals surface area contributed by atoms with Gasteiger partial charge in [0.25, 0.3) is 6.43 Å². The minimum absolute atomic E-state index is 0.0104. The maximum absolute atomic E-state index is 11.9. The lowest BCUT2D eigenvalue weighted by Gasteiger charge is -2.09. The van der Waals surface area contributed by atoms with Crippen LogP contribution in [0.5, 0.6) is 0 Å². The summed E-state index contributed by atoms with van der Waals surface area (Å²) >= 11 is 5.84. The minimum atomic E-state index is -3.74. The van der Waals surface area contributed by atoms with Crippen molar-refractivity contribution in [1.82, 2.24) is 4.72 Å². The zero-order valence-corrected chi connectivity index (χ0v) is 12.1. The summed E-state index contributed by atoms with van der Waals surface area (Å²) in [4.78, 5) is 0.0104. The van der Waals surface area contributed by atoms with E-state index in [0.717, 1.165) is 0 Å². The van der Waals surface area contributed by atoms with E-state index in [2.05, 4.69) is 9.46 Å². The molecule has 1 rings (SSSR count). The van der Waals surface area contributed by atoms with Gasteiger partial charge in [0.15, 0.2) is 0 Å². The second-order valence-corrected chi connectivity index (χ2v) is 6.00. The zero-order valence-electron chi connectivity index (χ0n) is 10.5. The molecule has 9 heteroatoms. The molecule has 20 heavy (non-hydrogen) atoms. The molecule has 0 amide bonds. The molecule has 0 aromatic heterocycles. The van der Waals surface area contributed by atoms with Gasteiger partial charge < -0.3 is 10.5 Å². The summed E-state index contributed by atoms with van der Waals surface area (Å²) in [6.45, 7) is -0.851. The first kappa shape index (κ1) is 17.3. The molecule has 1 aromatic rings. The molecular weight excluding hydrogens is 314 g/mol.